The van der Waals surface area contributed by atoms with E-state index in [1.165, 1.54) is 0 Å². The van der Waals surface area contributed by atoms with Crippen molar-refractivity contribution < 1.29 is 9.53 Å². The highest BCUT2D eigenvalue weighted by Crippen LogP contribution is 2.27. The number of rotatable bonds is 3. The molecule has 3 nitrogen and oxygen atoms in total. The molecule has 0 saturated heterocycles. The number of aromatic nitrogens is 1. The number of ketones is 1. The molecule has 3 rings (SSSR count). The lowest BCUT2D eigenvalue weighted by Crippen LogP contribution is -2.08. The van der Waals surface area contributed by atoms with Gasteiger partial charge in [-0.2, -0.15) is 0 Å². The first-order valence-electron chi connectivity index (χ1n) is 6.54. The lowest BCUT2D eigenvalue weighted by molar-refractivity contribution is 0.103. The van der Waals surface area contributed by atoms with Gasteiger partial charge in [-0.1, -0.05) is 13.0 Å². The zero-order valence-electron chi connectivity index (χ0n) is 10.8. The van der Waals surface area contributed by atoms with Gasteiger partial charge in [0.15, 0.2) is 0 Å². The summed E-state index contributed by atoms with van der Waals surface area (Å²) in [5.74, 6) is 0.889. The number of carbonyl (C=O) groups excluding carboxylic acids is 1. The maximum atomic E-state index is 12.5. The minimum absolute atomic E-state index is 0.00727. The van der Waals surface area contributed by atoms with E-state index in [9.17, 15) is 4.79 Å². The Morgan fingerprint density at radius 3 is 3.11 bits per heavy atom. The maximum Gasteiger partial charge on any atom is 0.211 e. The van der Waals surface area contributed by atoms with Gasteiger partial charge in [-0.05, 0) is 41.8 Å². The van der Waals surface area contributed by atoms with Crippen LogP contribution in [0, 0.1) is 0 Å². The summed E-state index contributed by atoms with van der Waals surface area (Å²) < 4.78 is 5.46. The van der Waals surface area contributed by atoms with Crippen LogP contribution < -0.4 is 4.74 Å². The van der Waals surface area contributed by atoms with E-state index in [4.69, 9.17) is 4.74 Å². The Kier molecular flexibility index (Phi) is 3.03. The number of hydrogen-bond donors (Lipinski definition) is 0. The van der Waals surface area contributed by atoms with Gasteiger partial charge in [0.25, 0.3) is 0 Å². The first-order valence-corrected chi connectivity index (χ1v) is 6.54. The number of pyridine rings is 1. The number of benzene rings is 1. The summed E-state index contributed by atoms with van der Waals surface area (Å²) in [4.78, 5) is 16.8. The Labute approximate surface area is 112 Å². The molecule has 1 aromatic heterocycles. The van der Waals surface area contributed by atoms with Crippen molar-refractivity contribution in [2.24, 2.45) is 0 Å². The molecule has 0 unspecified atom stereocenters. The molecule has 0 aliphatic carbocycles. The van der Waals surface area contributed by atoms with Crippen molar-refractivity contribution in [2.45, 2.75) is 19.8 Å². The number of hydrogen-bond acceptors (Lipinski definition) is 3. The predicted octanol–water partition coefficient (Wildman–Crippen LogP) is 2.81. The van der Waals surface area contributed by atoms with Crippen LogP contribution in [0.2, 0.25) is 0 Å². The quantitative estimate of drug-likeness (QED) is 0.790. The van der Waals surface area contributed by atoms with Crippen LogP contribution in [-0.2, 0) is 12.8 Å². The first kappa shape index (κ1) is 11.9. The van der Waals surface area contributed by atoms with Gasteiger partial charge in [-0.15, -0.1) is 0 Å². The van der Waals surface area contributed by atoms with Crippen LogP contribution in [0.4, 0.5) is 0 Å². The summed E-state index contributed by atoms with van der Waals surface area (Å²) >= 11 is 0. The summed E-state index contributed by atoms with van der Waals surface area (Å²) in [6.07, 6.45) is 3.35. The van der Waals surface area contributed by atoms with Gasteiger partial charge in [0, 0.05) is 18.2 Å². The lowest BCUT2D eigenvalue weighted by atomic mass is 10.00. The monoisotopic (exact) mass is 253 g/mol. The Morgan fingerprint density at radius 2 is 2.26 bits per heavy atom. The largest absolute Gasteiger partial charge is 0.493 e. The molecule has 19 heavy (non-hydrogen) atoms. The molecule has 0 fully saturated rings. The number of carbonyl (C=O) groups is 1. The molecule has 0 radical (unpaired) electrons. The molecule has 0 N–H and O–H groups in total. The van der Waals surface area contributed by atoms with Crippen molar-refractivity contribution in [1.82, 2.24) is 4.98 Å². The van der Waals surface area contributed by atoms with Crippen molar-refractivity contribution in [1.29, 1.82) is 0 Å². The fourth-order valence-corrected chi connectivity index (χ4v) is 2.39. The molecular formula is C16H15NO2. The molecule has 0 spiro atoms. The van der Waals surface area contributed by atoms with Crippen LogP contribution in [0.15, 0.2) is 36.5 Å². The summed E-state index contributed by atoms with van der Waals surface area (Å²) in [5, 5.41) is 0. The third-order valence-electron chi connectivity index (χ3n) is 3.44. The molecule has 3 heteroatoms. The molecule has 0 saturated carbocycles. The van der Waals surface area contributed by atoms with Gasteiger partial charge in [-0.25, -0.2) is 0 Å². The molecule has 1 aliphatic rings. The van der Waals surface area contributed by atoms with Crippen LogP contribution >= 0.6 is 0 Å². The second kappa shape index (κ2) is 4.84. The molecule has 2 aromatic rings. The average molecular weight is 253 g/mol. The van der Waals surface area contributed by atoms with Gasteiger partial charge in [-0.3, -0.25) is 9.78 Å². The van der Waals surface area contributed by atoms with E-state index in [0.717, 1.165) is 29.7 Å². The number of fused-ring (bicyclic) bond motifs is 1. The van der Waals surface area contributed by atoms with Gasteiger partial charge in [0.1, 0.15) is 11.4 Å². The van der Waals surface area contributed by atoms with Crippen molar-refractivity contribution in [3.8, 4) is 5.75 Å². The zero-order chi connectivity index (χ0) is 13.2. The van der Waals surface area contributed by atoms with Gasteiger partial charge in [0.05, 0.1) is 6.61 Å². The molecule has 2 heterocycles. The molecule has 1 aliphatic heterocycles. The standard InChI is InChI=1S/C16H15NO2/c1-2-11-4-3-8-17-15(11)16(18)13-5-6-14-12(10-13)7-9-19-14/h3-6,8,10H,2,7,9H2,1H3. The summed E-state index contributed by atoms with van der Waals surface area (Å²) in [6, 6.07) is 9.45. The van der Waals surface area contributed by atoms with Crippen LogP contribution in [-0.4, -0.2) is 17.4 Å². The number of aryl methyl sites for hydroxylation is 1. The summed E-state index contributed by atoms with van der Waals surface area (Å²) in [6.45, 7) is 2.74. The highest BCUT2D eigenvalue weighted by molar-refractivity contribution is 6.08. The van der Waals surface area contributed by atoms with Crippen LogP contribution in [0.3, 0.4) is 0 Å². The highest BCUT2D eigenvalue weighted by Gasteiger charge is 2.18. The third-order valence-corrected chi connectivity index (χ3v) is 3.44. The van der Waals surface area contributed by atoms with Crippen molar-refractivity contribution in [3.05, 3.63) is 58.9 Å². The fraction of sp³-hybridized carbons (Fsp3) is 0.250. The van der Waals surface area contributed by atoms with Crippen LogP contribution in [0.5, 0.6) is 5.75 Å². The summed E-state index contributed by atoms with van der Waals surface area (Å²) in [7, 11) is 0. The predicted molar refractivity (Wildman–Crippen MR) is 72.7 cm³/mol. The normalized spacial score (nSPS) is 12.9. The van der Waals surface area contributed by atoms with E-state index in [1.54, 1.807) is 6.20 Å². The topological polar surface area (TPSA) is 39.2 Å². The summed E-state index contributed by atoms with van der Waals surface area (Å²) in [5.41, 5.74) is 3.35. The van der Waals surface area contributed by atoms with E-state index in [1.807, 2.05) is 37.3 Å². The van der Waals surface area contributed by atoms with E-state index < -0.39 is 0 Å². The van der Waals surface area contributed by atoms with Crippen molar-refractivity contribution >= 4 is 5.78 Å². The van der Waals surface area contributed by atoms with Crippen LogP contribution in [0.25, 0.3) is 0 Å². The molecule has 96 valence electrons. The average Bonchev–Trinajstić information content (AvgIpc) is 2.93. The Balaban J connectivity index is 2.00. The van der Waals surface area contributed by atoms with E-state index >= 15 is 0 Å². The van der Waals surface area contributed by atoms with Crippen LogP contribution in [0.1, 0.15) is 34.1 Å². The Hall–Kier alpha value is -2.16. The first-order chi connectivity index (χ1) is 9.29. The second-order valence-electron chi connectivity index (χ2n) is 4.61. The highest BCUT2D eigenvalue weighted by atomic mass is 16.5. The van der Waals surface area contributed by atoms with Gasteiger partial charge in [0.2, 0.25) is 5.78 Å². The van der Waals surface area contributed by atoms with E-state index in [-0.39, 0.29) is 5.78 Å². The molecule has 0 amide bonds. The molecule has 0 bridgehead atoms. The Morgan fingerprint density at radius 1 is 1.37 bits per heavy atom. The maximum absolute atomic E-state index is 12.5. The lowest BCUT2D eigenvalue weighted by Gasteiger charge is -2.06. The van der Waals surface area contributed by atoms with Crippen molar-refractivity contribution in [3.63, 3.8) is 0 Å². The molecule has 1 aromatic carbocycles. The van der Waals surface area contributed by atoms with Gasteiger partial charge < -0.3 is 4.74 Å². The fourth-order valence-electron chi connectivity index (χ4n) is 2.39. The smallest absolute Gasteiger partial charge is 0.211 e. The Bertz CT molecular complexity index is 634. The molecular weight excluding hydrogens is 238 g/mol. The third kappa shape index (κ3) is 2.12. The van der Waals surface area contributed by atoms with E-state index in [0.29, 0.717) is 17.9 Å². The second-order valence-corrected chi connectivity index (χ2v) is 4.61. The zero-order valence-corrected chi connectivity index (χ0v) is 10.8. The van der Waals surface area contributed by atoms with Gasteiger partial charge >= 0.3 is 0 Å². The van der Waals surface area contributed by atoms with Crippen molar-refractivity contribution in [2.75, 3.05) is 6.61 Å². The SMILES string of the molecule is CCc1cccnc1C(=O)c1ccc2c(c1)CCO2. The number of ether oxygens (including phenoxy) is 1. The number of nitrogens with zero attached hydrogens (tertiary/aromatic N) is 1. The molecule has 0 atom stereocenters. The minimum Gasteiger partial charge on any atom is -0.493 e. The minimum atomic E-state index is -0.00727. The van der Waals surface area contributed by atoms with E-state index in [2.05, 4.69) is 4.98 Å².